The van der Waals surface area contributed by atoms with Crippen LogP contribution in [0.2, 0.25) is 0 Å². The second-order valence-electron chi connectivity index (χ2n) is 7.33. The highest BCUT2D eigenvalue weighted by Gasteiger charge is 2.63. The van der Waals surface area contributed by atoms with Gasteiger partial charge in [0.15, 0.2) is 0 Å². The van der Waals surface area contributed by atoms with E-state index in [1.165, 1.54) is 51.7 Å². The van der Waals surface area contributed by atoms with Gasteiger partial charge >= 0.3 is 0 Å². The minimum absolute atomic E-state index is 0.355. The quantitative estimate of drug-likeness (QED) is 0.772. The van der Waals surface area contributed by atoms with Crippen LogP contribution in [0.5, 0.6) is 0 Å². The number of hydrogen-bond donors (Lipinski definition) is 0. The lowest BCUT2D eigenvalue weighted by atomic mass is 9.78. The second-order valence-corrected chi connectivity index (χ2v) is 7.33. The number of fused-ring (bicyclic) bond motifs is 5. The Bertz CT molecular complexity index is 513. The van der Waals surface area contributed by atoms with Gasteiger partial charge in [-0.1, -0.05) is 36.8 Å². The highest BCUT2D eigenvalue weighted by molar-refractivity contribution is 5.33. The molecular formula is C18H24N2. The van der Waals surface area contributed by atoms with Crippen LogP contribution in [0.25, 0.3) is 0 Å². The summed E-state index contributed by atoms with van der Waals surface area (Å²) in [5.74, 6) is 0.970. The molecule has 3 aliphatic heterocycles. The molecular weight excluding hydrogens is 244 g/mol. The third-order valence-electron chi connectivity index (χ3n) is 6.63. The number of rotatable bonds is 1. The van der Waals surface area contributed by atoms with Crippen molar-refractivity contribution in [1.82, 2.24) is 9.80 Å². The van der Waals surface area contributed by atoms with Gasteiger partial charge in [-0.3, -0.25) is 9.80 Å². The Hall–Kier alpha value is -0.860. The van der Waals surface area contributed by atoms with Crippen molar-refractivity contribution in [3.63, 3.8) is 0 Å². The minimum Gasteiger partial charge on any atom is -0.285 e. The summed E-state index contributed by atoms with van der Waals surface area (Å²) in [4.78, 5) is 5.70. The van der Waals surface area contributed by atoms with Crippen LogP contribution in [-0.4, -0.2) is 35.1 Å². The molecule has 0 spiro atoms. The zero-order chi connectivity index (χ0) is 13.2. The molecule has 4 aliphatic rings. The van der Waals surface area contributed by atoms with Crippen LogP contribution in [0.1, 0.15) is 44.1 Å². The van der Waals surface area contributed by atoms with E-state index in [1.54, 1.807) is 5.56 Å². The van der Waals surface area contributed by atoms with Crippen LogP contribution in [0.3, 0.4) is 0 Å². The Kier molecular flexibility index (Phi) is 2.40. The maximum absolute atomic E-state index is 2.92. The van der Waals surface area contributed by atoms with E-state index in [9.17, 15) is 0 Å². The lowest BCUT2D eigenvalue weighted by Gasteiger charge is -2.38. The molecule has 106 valence electrons. The van der Waals surface area contributed by atoms with Gasteiger partial charge in [0.05, 0.1) is 12.2 Å². The Morgan fingerprint density at radius 3 is 2.80 bits per heavy atom. The summed E-state index contributed by atoms with van der Waals surface area (Å²) in [6.45, 7) is 2.56. The number of nitrogens with zero attached hydrogens (tertiary/aromatic N) is 2. The van der Waals surface area contributed by atoms with Gasteiger partial charge in [0, 0.05) is 12.1 Å². The SMILES string of the molecule is c1ccc([C@@]23C[C@H]4CCC[C@H]4N2CN2CCC[C@@H]23)cc1. The van der Waals surface area contributed by atoms with E-state index < -0.39 is 0 Å². The van der Waals surface area contributed by atoms with Crippen LogP contribution >= 0.6 is 0 Å². The topological polar surface area (TPSA) is 6.48 Å². The molecule has 0 unspecified atom stereocenters. The monoisotopic (exact) mass is 268 g/mol. The smallest absolute Gasteiger partial charge is 0.0634 e. The molecule has 1 saturated carbocycles. The molecule has 1 aliphatic carbocycles. The molecule has 5 rings (SSSR count). The summed E-state index contributed by atoms with van der Waals surface area (Å²) < 4.78 is 0. The number of benzene rings is 1. The van der Waals surface area contributed by atoms with Crippen LogP contribution < -0.4 is 0 Å². The third kappa shape index (κ3) is 1.32. The van der Waals surface area contributed by atoms with E-state index in [1.807, 2.05) is 0 Å². The van der Waals surface area contributed by atoms with Crippen molar-refractivity contribution >= 4 is 0 Å². The maximum Gasteiger partial charge on any atom is 0.0634 e. The first-order valence-electron chi connectivity index (χ1n) is 8.46. The number of hydrogen-bond acceptors (Lipinski definition) is 2. The summed E-state index contributed by atoms with van der Waals surface area (Å²) in [5, 5.41) is 0. The zero-order valence-electron chi connectivity index (χ0n) is 12.2. The predicted octanol–water partition coefficient (Wildman–Crippen LogP) is 3.19. The van der Waals surface area contributed by atoms with Crippen molar-refractivity contribution < 1.29 is 0 Å². The van der Waals surface area contributed by atoms with Crippen molar-refractivity contribution in [2.45, 2.75) is 56.1 Å². The molecule has 1 aromatic carbocycles. The van der Waals surface area contributed by atoms with E-state index in [0.29, 0.717) is 5.54 Å². The predicted molar refractivity (Wildman–Crippen MR) is 80.3 cm³/mol. The first kappa shape index (κ1) is 11.8. The molecule has 4 fully saturated rings. The summed E-state index contributed by atoms with van der Waals surface area (Å²) in [7, 11) is 0. The molecule has 20 heavy (non-hydrogen) atoms. The van der Waals surface area contributed by atoms with Crippen LogP contribution in [0, 0.1) is 5.92 Å². The van der Waals surface area contributed by atoms with E-state index in [-0.39, 0.29) is 0 Å². The van der Waals surface area contributed by atoms with E-state index >= 15 is 0 Å². The van der Waals surface area contributed by atoms with Crippen molar-refractivity contribution in [3.05, 3.63) is 35.9 Å². The molecule has 0 radical (unpaired) electrons. The average molecular weight is 268 g/mol. The van der Waals surface area contributed by atoms with Gasteiger partial charge in [-0.25, -0.2) is 0 Å². The molecule has 0 N–H and O–H groups in total. The first-order chi connectivity index (χ1) is 9.89. The van der Waals surface area contributed by atoms with Gasteiger partial charge in [-0.2, -0.15) is 0 Å². The van der Waals surface area contributed by atoms with Gasteiger partial charge in [-0.15, -0.1) is 0 Å². The zero-order valence-corrected chi connectivity index (χ0v) is 12.2. The van der Waals surface area contributed by atoms with Gasteiger partial charge in [0.1, 0.15) is 0 Å². The summed E-state index contributed by atoms with van der Waals surface area (Å²) >= 11 is 0. The Morgan fingerprint density at radius 2 is 1.90 bits per heavy atom. The van der Waals surface area contributed by atoms with Gasteiger partial charge in [-0.05, 0) is 50.1 Å². The van der Waals surface area contributed by atoms with Crippen molar-refractivity contribution in [2.75, 3.05) is 13.2 Å². The molecule has 3 saturated heterocycles. The highest BCUT2D eigenvalue weighted by Crippen LogP contribution is 2.58. The normalized spacial score (nSPS) is 43.7. The molecule has 0 amide bonds. The first-order valence-corrected chi connectivity index (χ1v) is 8.46. The molecule has 0 bridgehead atoms. The summed E-state index contributed by atoms with van der Waals surface area (Å²) in [5.41, 5.74) is 1.96. The van der Waals surface area contributed by atoms with Crippen LogP contribution in [-0.2, 0) is 5.54 Å². The highest BCUT2D eigenvalue weighted by atomic mass is 15.5. The summed E-state index contributed by atoms with van der Waals surface area (Å²) in [6, 6.07) is 13.1. The third-order valence-corrected chi connectivity index (χ3v) is 6.63. The van der Waals surface area contributed by atoms with Gasteiger partial charge in [0.2, 0.25) is 0 Å². The molecule has 2 nitrogen and oxygen atoms in total. The van der Waals surface area contributed by atoms with Crippen LogP contribution in [0.15, 0.2) is 30.3 Å². The molecule has 2 heteroatoms. The Labute approximate surface area is 121 Å². The van der Waals surface area contributed by atoms with Crippen molar-refractivity contribution in [3.8, 4) is 0 Å². The largest absolute Gasteiger partial charge is 0.285 e. The Balaban J connectivity index is 1.65. The van der Waals surface area contributed by atoms with E-state index in [4.69, 9.17) is 0 Å². The van der Waals surface area contributed by atoms with Gasteiger partial charge in [0.25, 0.3) is 0 Å². The molecule has 0 aromatic heterocycles. The van der Waals surface area contributed by atoms with Crippen LogP contribution in [0.4, 0.5) is 0 Å². The molecule has 3 heterocycles. The second kappa shape index (κ2) is 4.08. The van der Waals surface area contributed by atoms with Crippen molar-refractivity contribution in [1.29, 1.82) is 0 Å². The van der Waals surface area contributed by atoms with Crippen molar-refractivity contribution in [2.24, 2.45) is 5.92 Å². The van der Waals surface area contributed by atoms with E-state index in [0.717, 1.165) is 18.0 Å². The fourth-order valence-electron chi connectivity index (χ4n) is 5.97. The molecule has 1 aromatic rings. The summed E-state index contributed by atoms with van der Waals surface area (Å²) in [6.07, 6.45) is 8.61. The molecule has 4 atom stereocenters. The van der Waals surface area contributed by atoms with E-state index in [2.05, 4.69) is 40.1 Å². The fourth-order valence-corrected chi connectivity index (χ4v) is 5.97. The lowest BCUT2D eigenvalue weighted by molar-refractivity contribution is 0.131. The minimum atomic E-state index is 0.355. The average Bonchev–Trinajstić information content (AvgIpc) is 3.18. The Morgan fingerprint density at radius 1 is 1.00 bits per heavy atom. The fraction of sp³-hybridized carbons (Fsp3) is 0.667. The lowest BCUT2D eigenvalue weighted by Crippen LogP contribution is -2.45. The standard InChI is InChI=1S/C18H24N2/c1-2-7-15(8-3-1)18-12-14-6-4-9-16(14)20(18)13-19-11-5-10-17(18)19/h1-3,7-8,14,16-17H,4-6,9-13H2/t14-,16-,17-,18-/m1/s1. The van der Waals surface area contributed by atoms with Gasteiger partial charge < -0.3 is 0 Å². The maximum atomic E-state index is 2.92.